The van der Waals surface area contributed by atoms with Gasteiger partial charge in [0.15, 0.2) is 0 Å². The topological polar surface area (TPSA) is 64.3 Å². The lowest BCUT2D eigenvalue weighted by Gasteiger charge is -2.18. The molecular weight excluding hydrogens is 248 g/mol. The van der Waals surface area contributed by atoms with Gasteiger partial charge in [-0.2, -0.15) is 0 Å². The van der Waals surface area contributed by atoms with E-state index in [1.807, 2.05) is 25.1 Å². The van der Waals surface area contributed by atoms with Crippen molar-refractivity contribution in [3.05, 3.63) is 23.8 Å². The second-order valence-corrected chi connectivity index (χ2v) is 4.95. The molecule has 0 saturated heterocycles. The van der Waals surface area contributed by atoms with E-state index in [1.54, 1.807) is 0 Å². The number of aryl methyl sites for hydroxylation is 1. The SMILES string of the molecule is CC(COc1ccc2c(c1)CCC(=O)N2)C(N)=S. The van der Waals surface area contributed by atoms with E-state index in [-0.39, 0.29) is 11.8 Å². The number of anilines is 1. The molecule has 1 heterocycles. The molecule has 5 heteroatoms. The van der Waals surface area contributed by atoms with Gasteiger partial charge in [0, 0.05) is 18.0 Å². The maximum absolute atomic E-state index is 11.2. The van der Waals surface area contributed by atoms with Crippen LogP contribution in [0, 0.1) is 5.92 Å². The van der Waals surface area contributed by atoms with Crippen LogP contribution in [0.4, 0.5) is 5.69 Å². The quantitative estimate of drug-likeness (QED) is 0.815. The largest absolute Gasteiger partial charge is 0.493 e. The lowest BCUT2D eigenvalue weighted by Crippen LogP contribution is -2.24. The van der Waals surface area contributed by atoms with Gasteiger partial charge in [-0.1, -0.05) is 19.1 Å². The second-order valence-electron chi connectivity index (χ2n) is 4.48. The molecule has 1 atom stereocenters. The average molecular weight is 264 g/mol. The summed E-state index contributed by atoms with van der Waals surface area (Å²) in [6.07, 6.45) is 1.28. The molecule has 3 N–H and O–H groups in total. The monoisotopic (exact) mass is 264 g/mol. The summed E-state index contributed by atoms with van der Waals surface area (Å²) >= 11 is 4.89. The van der Waals surface area contributed by atoms with Crippen molar-refractivity contribution in [1.29, 1.82) is 0 Å². The first-order valence-electron chi connectivity index (χ1n) is 5.91. The van der Waals surface area contributed by atoms with Gasteiger partial charge in [0.05, 0.1) is 11.6 Å². The van der Waals surface area contributed by atoms with Gasteiger partial charge < -0.3 is 15.8 Å². The van der Waals surface area contributed by atoms with Crippen LogP contribution in [0.25, 0.3) is 0 Å². The van der Waals surface area contributed by atoms with Crippen LogP contribution >= 0.6 is 12.2 Å². The Morgan fingerprint density at radius 3 is 3.06 bits per heavy atom. The van der Waals surface area contributed by atoms with E-state index >= 15 is 0 Å². The van der Waals surface area contributed by atoms with Crippen LogP contribution in [0.3, 0.4) is 0 Å². The molecule has 2 rings (SSSR count). The average Bonchev–Trinajstić information content (AvgIpc) is 2.35. The summed E-state index contributed by atoms with van der Waals surface area (Å²) in [7, 11) is 0. The number of ether oxygens (including phenoxy) is 1. The third-order valence-corrected chi connectivity index (χ3v) is 3.36. The smallest absolute Gasteiger partial charge is 0.224 e. The lowest BCUT2D eigenvalue weighted by molar-refractivity contribution is -0.116. The summed E-state index contributed by atoms with van der Waals surface area (Å²) < 4.78 is 5.64. The maximum atomic E-state index is 11.2. The van der Waals surface area contributed by atoms with Crippen molar-refractivity contribution >= 4 is 28.8 Å². The molecule has 4 nitrogen and oxygen atoms in total. The number of hydrogen-bond donors (Lipinski definition) is 2. The van der Waals surface area contributed by atoms with Crippen molar-refractivity contribution in [2.24, 2.45) is 11.7 Å². The van der Waals surface area contributed by atoms with Crippen molar-refractivity contribution < 1.29 is 9.53 Å². The van der Waals surface area contributed by atoms with Crippen LogP contribution in [0.15, 0.2) is 18.2 Å². The molecule has 0 radical (unpaired) electrons. The Morgan fingerprint density at radius 1 is 1.56 bits per heavy atom. The lowest BCUT2D eigenvalue weighted by atomic mass is 10.0. The minimum Gasteiger partial charge on any atom is -0.493 e. The number of thiocarbonyl (C=S) groups is 1. The minimum absolute atomic E-state index is 0.0516. The fourth-order valence-corrected chi connectivity index (χ4v) is 1.82. The summed E-state index contributed by atoms with van der Waals surface area (Å²) in [6, 6.07) is 5.67. The van der Waals surface area contributed by atoms with Gasteiger partial charge >= 0.3 is 0 Å². The van der Waals surface area contributed by atoms with Crippen LogP contribution in [0.2, 0.25) is 0 Å². The third kappa shape index (κ3) is 2.98. The molecule has 0 aliphatic carbocycles. The Bertz CT molecular complexity index is 488. The zero-order valence-electron chi connectivity index (χ0n) is 10.2. The predicted molar refractivity (Wildman–Crippen MR) is 74.8 cm³/mol. The molecule has 1 aromatic carbocycles. The normalized spacial score (nSPS) is 15.5. The summed E-state index contributed by atoms with van der Waals surface area (Å²) in [5.74, 6) is 0.905. The van der Waals surface area contributed by atoms with E-state index in [0.29, 0.717) is 18.0 Å². The maximum Gasteiger partial charge on any atom is 0.224 e. The van der Waals surface area contributed by atoms with Crippen molar-refractivity contribution in [3.63, 3.8) is 0 Å². The number of benzene rings is 1. The minimum atomic E-state index is 0.0516. The summed E-state index contributed by atoms with van der Waals surface area (Å²) in [6.45, 7) is 2.40. The molecule has 0 saturated carbocycles. The van der Waals surface area contributed by atoms with E-state index in [1.165, 1.54) is 0 Å². The van der Waals surface area contributed by atoms with Crippen molar-refractivity contribution in [3.8, 4) is 5.75 Å². The van der Waals surface area contributed by atoms with Crippen molar-refractivity contribution in [2.75, 3.05) is 11.9 Å². The molecule has 0 bridgehead atoms. The first kappa shape index (κ1) is 12.8. The Labute approximate surface area is 112 Å². The number of carbonyl (C=O) groups is 1. The first-order chi connectivity index (χ1) is 8.56. The van der Waals surface area contributed by atoms with E-state index in [4.69, 9.17) is 22.7 Å². The molecule has 18 heavy (non-hydrogen) atoms. The number of nitrogens with one attached hydrogen (secondary N) is 1. The zero-order valence-corrected chi connectivity index (χ0v) is 11.0. The van der Waals surface area contributed by atoms with Crippen LogP contribution in [0.5, 0.6) is 5.75 Å². The van der Waals surface area contributed by atoms with E-state index in [2.05, 4.69) is 5.32 Å². The first-order valence-corrected chi connectivity index (χ1v) is 6.32. The van der Waals surface area contributed by atoms with Crippen LogP contribution in [-0.4, -0.2) is 17.5 Å². The Balaban J connectivity index is 2.03. The fraction of sp³-hybridized carbons (Fsp3) is 0.385. The molecule has 1 aliphatic rings. The molecule has 0 fully saturated rings. The standard InChI is InChI=1S/C13H16N2O2S/c1-8(13(14)18)7-17-10-3-4-11-9(6-10)2-5-12(16)15-11/h3-4,6,8H,2,5,7H2,1H3,(H2,14,18)(H,15,16). The van der Waals surface area contributed by atoms with E-state index in [0.717, 1.165) is 23.4 Å². The second kappa shape index (κ2) is 5.35. The third-order valence-electron chi connectivity index (χ3n) is 2.96. The number of nitrogens with two attached hydrogens (primary N) is 1. The van der Waals surface area contributed by atoms with Crippen LogP contribution in [-0.2, 0) is 11.2 Å². The molecular formula is C13H16N2O2S. The van der Waals surface area contributed by atoms with Crippen LogP contribution in [0.1, 0.15) is 18.9 Å². The van der Waals surface area contributed by atoms with Gasteiger partial charge in [-0.25, -0.2) is 0 Å². The molecule has 1 amide bonds. The molecule has 0 spiro atoms. The molecule has 1 aromatic rings. The van der Waals surface area contributed by atoms with Gasteiger partial charge in [0.1, 0.15) is 5.75 Å². The Morgan fingerprint density at radius 2 is 2.33 bits per heavy atom. The highest BCUT2D eigenvalue weighted by Crippen LogP contribution is 2.26. The van der Waals surface area contributed by atoms with Gasteiger partial charge in [-0.15, -0.1) is 0 Å². The molecule has 1 unspecified atom stereocenters. The van der Waals surface area contributed by atoms with Crippen molar-refractivity contribution in [2.45, 2.75) is 19.8 Å². The van der Waals surface area contributed by atoms with Gasteiger partial charge in [-0.3, -0.25) is 4.79 Å². The summed E-state index contributed by atoms with van der Waals surface area (Å²) in [5, 5.41) is 2.83. The van der Waals surface area contributed by atoms with Gasteiger partial charge in [-0.05, 0) is 30.2 Å². The number of fused-ring (bicyclic) bond motifs is 1. The number of carbonyl (C=O) groups excluding carboxylic acids is 1. The summed E-state index contributed by atoms with van der Waals surface area (Å²) in [4.78, 5) is 11.7. The number of amides is 1. The highest BCUT2D eigenvalue weighted by atomic mass is 32.1. The predicted octanol–water partition coefficient (Wildman–Crippen LogP) is 1.87. The van der Waals surface area contributed by atoms with E-state index < -0.39 is 0 Å². The van der Waals surface area contributed by atoms with Crippen molar-refractivity contribution in [1.82, 2.24) is 0 Å². The van der Waals surface area contributed by atoms with E-state index in [9.17, 15) is 4.79 Å². The highest BCUT2D eigenvalue weighted by molar-refractivity contribution is 7.80. The highest BCUT2D eigenvalue weighted by Gasteiger charge is 2.15. The van der Waals surface area contributed by atoms with Crippen LogP contribution < -0.4 is 15.8 Å². The Kier molecular flexibility index (Phi) is 3.81. The molecule has 1 aliphatic heterocycles. The Hall–Kier alpha value is -1.62. The fourth-order valence-electron chi connectivity index (χ4n) is 1.75. The summed E-state index contributed by atoms with van der Waals surface area (Å²) in [5.41, 5.74) is 7.51. The number of hydrogen-bond acceptors (Lipinski definition) is 3. The van der Waals surface area contributed by atoms with Gasteiger partial charge in [0.25, 0.3) is 0 Å². The zero-order chi connectivity index (χ0) is 13.1. The number of rotatable bonds is 4. The molecule has 0 aromatic heterocycles. The molecule has 96 valence electrons. The van der Waals surface area contributed by atoms with Gasteiger partial charge in [0.2, 0.25) is 5.91 Å².